The lowest BCUT2D eigenvalue weighted by Crippen LogP contribution is -2.28. The molecule has 1 aromatic heterocycles. The van der Waals surface area contributed by atoms with Crippen LogP contribution in [0.4, 0.5) is 0 Å². The monoisotopic (exact) mass is 420 g/mol. The molecule has 0 radical (unpaired) electrons. The number of rotatable bonds is 6. The quantitative estimate of drug-likeness (QED) is 0.575. The number of hydrogen-bond acceptors (Lipinski definition) is 4. The lowest BCUT2D eigenvalue weighted by Gasteiger charge is -2.14. The maximum Gasteiger partial charge on any atom is 0.253 e. The topological polar surface area (TPSA) is 59.8 Å². The number of carbonyl (C=O) groups excluding carboxylic acids is 1. The van der Waals surface area contributed by atoms with Gasteiger partial charge in [-0.05, 0) is 36.8 Å². The van der Waals surface area contributed by atoms with Crippen LogP contribution in [0.3, 0.4) is 0 Å². The van der Waals surface area contributed by atoms with Crippen LogP contribution in [0.2, 0.25) is 10.0 Å². The Bertz CT molecular complexity index is 943. The standard InChI is InChI=1S/C19H18Cl2N4OS/c1-12(22-18(26)15-5-3-4-6-16(15)21)17-23-24-19(25(17)2)27-11-13-7-9-14(20)10-8-13/h3-10,12H,11H2,1-2H3,(H,22,26)/t12-/m1/s1. The van der Waals surface area contributed by atoms with Gasteiger partial charge in [-0.2, -0.15) is 0 Å². The van der Waals surface area contributed by atoms with Gasteiger partial charge in [0.2, 0.25) is 0 Å². The van der Waals surface area contributed by atoms with Crippen LogP contribution in [0.15, 0.2) is 53.7 Å². The van der Waals surface area contributed by atoms with Crippen molar-refractivity contribution in [3.05, 3.63) is 75.5 Å². The van der Waals surface area contributed by atoms with Gasteiger partial charge in [0.15, 0.2) is 11.0 Å². The molecule has 0 unspecified atom stereocenters. The third-order valence-electron chi connectivity index (χ3n) is 4.00. The van der Waals surface area contributed by atoms with E-state index in [1.54, 1.807) is 36.0 Å². The van der Waals surface area contributed by atoms with Crippen molar-refractivity contribution in [2.75, 3.05) is 0 Å². The molecule has 0 saturated carbocycles. The Balaban J connectivity index is 1.66. The summed E-state index contributed by atoms with van der Waals surface area (Å²) < 4.78 is 1.89. The van der Waals surface area contributed by atoms with E-state index in [0.29, 0.717) is 21.4 Å². The number of nitrogens with zero attached hydrogens (tertiary/aromatic N) is 3. The molecule has 140 valence electrons. The molecule has 0 saturated heterocycles. The van der Waals surface area contributed by atoms with Gasteiger partial charge in [0.25, 0.3) is 5.91 Å². The fraction of sp³-hybridized carbons (Fsp3) is 0.211. The van der Waals surface area contributed by atoms with Crippen molar-refractivity contribution in [1.29, 1.82) is 0 Å². The van der Waals surface area contributed by atoms with E-state index in [9.17, 15) is 4.79 Å². The lowest BCUT2D eigenvalue weighted by atomic mass is 10.2. The summed E-state index contributed by atoms with van der Waals surface area (Å²) in [5.74, 6) is 1.18. The lowest BCUT2D eigenvalue weighted by molar-refractivity contribution is 0.0938. The predicted octanol–water partition coefficient (Wildman–Crippen LogP) is 4.91. The van der Waals surface area contributed by atoms with Gasteiger partial charge in [-0.1, -0.05) is 59.2 Å². The normalized spacial score (nSPS) is 12.0. The third kappa shape index (κ3) is 4.83. The minimum absolute atomic E-state index is 0.244. The predicted molar refractivity (Wildman–Crippen MR) is 109 cm³/mol. The number of halogens is 2. The van der Waals surface area contributed by atoms with Gasteiger partial charge in [0.1, 0.15) is 0 Å². The average molecular weight is 421 g/mol. The van der Waals surface area contributed by atoms with Gasteiger partial charge >= 0.3 is 0 Å². The molecule has 8 heteroatoms. The van der Waals surface area contributed by atoms with Gasteiger partial charge < -0.3 is 9.88 Å². The van der Waals surface area contributed by atoms with E-state index in [-0.39, 0.29) is 11.9 Å². The van der Waals surface area contributed by atoms with Crippen LogP contribution < -0.4 is 5.32 Å². The van der Waals surface area contributed by atoms with Crippen LogP contribution in [-0.2, 0) is 12.8 Å². The van der Waals surface area contributed by atoms with Crippen molar-refractivity contribution in [3.63, 3.8) is 0 Å². The number of nitrogens with one attached hydrogen (secondary N) is 1. The van der Waals surface area contributed by atoms with Crippen LogP contribution in [-0.4, -0.2) is 20.7 Å². The van der Waals surface area contributed by atoms with Crippen molar-refractivity contribution in [1.82, 2.24) is 20.1 Å². The molecule has 0 aliphatic carbocycles. The molecule has 1 heterocycles. The summed E-state index contributed by atoms with van der Waals surface area (Å²) in [7, 11) is 1.89. The number of carbonyl (C=O) groups is 1. The second kappa shape index (κ2) is 8.78. The SMILES string of the molecule is C[C@@H](NC(=O)c1ccccc1Cl)c1nnc(SCc2ccc(Cl)cc2)n1C. The fourth-order valence-corrected chi connectivity index (χ4v) is 3.76. The van der Waals surface area contributed by atoms with Crippen LogP contribution in [0.25, 0.3) is 0 Å². The van der Waals surface area contributed by atoms with Gasteiger partial charge in [-0.3, -0.25) is 4.79 Å². The van der Waals surface area contributed by atoms with Gasteiger partial charge in [0, 0.05) is 17.8 Å². The third-order valence-corrected chi connectivity index (χ3v) is 5.68. The molecule has 0 fully saturated rings. The van der Waals surface area contributed by atoms with Gasteiger partial charge in [-0.15, -0.1) is 10.2 Å². The molecular weight excluding hydrogens is 403 g/mol. The summed E-state index contributed by atoms with van der Waals surface area (Å²) in [6, 6.07) is 14.3. The van der Waals surface area contributed by atoms with E-state index in [4.69, 9.17) is 23.2 Å². The van der Waals surface area contributed by atoms with E-state index < -0.39 is 0 Å². The Morgan fingerprint density at radius 1 is 1.15 bits per heavy atom. The van der Waals surface area contributed by atoms with Crippen molar-refractivity contribution in [3.8, 4) is 0 Å². The summed E-state index contributed by atoms with van der Waals surface area (Å²) in [5.41, 5.74) is 1.58. The van der Waals surface area contributed by atoms with Crippen molar-refractivity contribution in [2.24, 2.45) is 7.05 Å². The Kier molecular flexibility index (Phi) is 6.42. The molecule has 5 nitrogen and oxygen atoms in total. The smallest absolute Gasteiger partial charge is 0.253 e. The van der Waals surface area contributed by atoms with E-state index in [1.165, 1.54) is 0 Å². The van der Waals surface area contributed by atoms with Gasteiger partial charge in [0.05, 0.1) is 16.6 Å². The zero-order chi connectivity index (χ0) is 19.4. The summed E-state index contributed by atoms with van der Waals surface area (Å²) in [5, 5.41) is 13.3. The highest BCUT2D eigenvalue weighted by Crippen LogP contribution is 2.24. The molecular formula is C19H18Cl2N4OS. The fourth-order valence-electron chi connectivity index (χ4n) is 2.54. The molecule has 1 amide bonds. The molecule has 0 bridgehead atoms. The van der Waals surface area contributed by atoms with E-state index in [1.807, 2.05) is 42.8 Å². The van der Waals surface area contributed by atoms with Crippen molar-refractivity contribution < 1.29 is 4.79 Å². The van der Waals surface area contributed by atoms with Crippen molar-refractivity contribution in [2.45, 2.75) is 23.9 Å². The second-order valence-electron chi connectivity index (χ2n) is 5.99. The summed E-state index contributed by atoms with van der Waals surface area (Å²) in [6.45, 7) is 1.87. The molecule has 3 aromatic rings. The number of aromatic nitrogens is 3. The summed E-state index contributed by atoms with van der Waals surface area (Å²) >= 11 is 13.6. The first-order valence-electron chi connectivity index (χ1n) is 8.27. The Hall–Kier alpha value is -2.02. The zero-order valence-electron chi connectivity index (χ0n) is 14.8. The molecule has 0 aliphatic heterocycles. The largest absolute Gasteiger partial charge is 0.342 e. The minimum Gasteiger partial charge on any atom is -0.342 e. The first kappa shape index (κ1) is 19.7. The Morgan fingerprint density at radius 2 is 1.85 bits per heavy atom. The van der Waals surface area contributed by atoms with Crippen LogP contribution >= 0.6 is 35.0 Å². The maximum absolute atomic E-state index is 12.4. The van der Waals surface area contributed by atoms with Gasteiger partial charge in [-0.25, -0.2) is 0 Å². The number of hydrogen-bond donors (Lipinski definition) is 1. The van der Waals surface area contributed by atoms with Crippen LogP contribution in [0.5, 0.6) is 0 Å². The average Bonchev–Trinajstić information content (AvgIpc) is 3.02. The van der Waals surface area contributed by atoms with Crippen LogP contribution in [0.1, 0.15) is 34.7 Å². The maximum atomic E-state index is 12.4. The molecule has 27 heavy (non-hydrogen) atoms. The van der Waals surface area contributed by atoms with E-state index >= 15 is 0 Å². The molecule has 1 N–H and O–H groups in total. The highest BCUT2D eigenvalue weighted by Gasteiger charge is 2.19. The number of benzene rings is 2. The first-order valence-corrected chi connectivity index (χ1v) is 10.0. The Labute approximate surface area is 172 Å². The van der Waals surface area contributed by atoms with E-state index in [0.717, 1.165) is 16.5 Å². The van der Waals surface area contributed by atoms with E-state index in [2.05, 4.69) is 15.5 Å². The minimum atomic E-state index is -0.309. The molecule has 0 spiro atoms. The number of thioether (sulfide) groups is 1. The van der Waals surface area contributed by atoms with Crippen molar-refractivity contribution >= 4 is 40.9 Å². The number of amides is 1. The van der Waals surface area contributed by atoms with Crippen LogP contribution in [0, 0.1) is 0 Å². The highest BCUT2D eigenvalue weighted by molar-refractivity contribution is 7.98. The molecule has 0 aliphatic rings. The highest BCUT2D eigenvalue weighted by atomic mass is 35.5. The zero-order valence-corrected chi connectivity index (χ0v) is 17.1. The summed E-state index contributed by atoms with van der Waals surface area (Å²) in [6.07, 6.45) is 0. The summed E-state index contributed by atoms with van der Waals surface area (Å²) in [4.78, 5) is 12.4. The molecule has 1 atom stereocenters. The molecule has 3 rings (SSSR count). The second-order valence-corrected chi connectivity index (χ2v) is 7.78. The first-order chi connectivity index (χ1) is 13.0. The molecule has 2 aromatic carbocycles. The Morgan fingerprint density at radius 3 is 2.56 bits per heavy atom.